The van der Waals surface area contributed by atoms with Crippen molar-refractivity contribution in [2.24, 2.45) is 5.41 Å². The number of likely N-dealkylation sites (tertiary alicyclic amines) is 1. The molecule has 118 valence electrons. The van der Waals surface area contributed by atoms with Gasteiger partial charge in [0.2, 0.25) is 5.91 Å². The van der Waals surface area contributed by atoms with E-state index in [0.717, 1.165) is 49.3 Å². The highest BCUT2D eigenvalue weighted by molar-refractivity contribution is 5.86. The SMILES string of the molecule is Cl.O=C(Cc1noc2ccccc12)N1CCC2(CCNC2)C1. The Bertz CT molecular complexity index is 679. The van der Waals surface area contributed by atoms with Crippen molar-refractivity contribution >= 4 is 29.3 Å². The number of fused-ring (bicyclic) bond motifs is 1. The molecule has 2 aliphatic rings. The highest BCUT2D eigenvalue weighted by Crippen LogP contribution is 2.36. The van der Waals surface area contributed by atoms with Gasteiger partial charge in [-0.05, 0) is 31.5 Å². The molecule has 1 N–H and O–H groups in total. The lowest BCUT2D eigenvalue weighted by atomic mass is 9.86. The molecule has 1 atom stereocenters. The number of nitrogens with zero attached hydrogens (tertiary/aromatic N) is 2. The van der Waals surface area contributed by atoms with Crippen molar-refractivity contribution in [3.8, 4) is 0 Å². The lowest BCUT2D eigenvalue weighted by Crippen LogP contribution is -2.34. The van der Waals surface area contributed by atoms with Gasteiger partial charge in [0.25, 0.3) is 0 Å². The van der Waals surface area contributed by atoms with Crippen LogP contribution in [0.25, 0.3) is 11.0 Å². The number of halogens is 1. The van der Waals surface area contributed by atoms with E-state index < -0.39 is 0 Å². The Morgan fingerprint density at radius 3 is 3.05 bits per heavy atom. The fourth-order valence-electron chi connectivity index (χ4n) is 3.61. The zero-order chi connectivity index (χ0) is 14.3. The number of aromatic nitrogens is 1. The van der Waals surface area contributed by atoms with Gasteiger partial charge in [-0.2, -0.15) is 0 Å². The summed E-state index contributed by atoms with van der Waals surface area (Å²) >= 11 is 0. The summed E-state index contributed by atoms with van der Waals surface area (Å²) in [6.45, 7) is 3.88. The quantitative estimate of drug-likeness (QED) is 0.919. The Morgan fingerprint density at radius 1 is 1.36 bits per heavy atom. The summed E-state index contributed by atoms with van der Waals surface area (Å²) in [5, 5.41) is 8.43. The van der Waals surface area contributed by atoms with Crippen molar-refractivity contribution in [3.63, 3.8) is 0 Å². The molecule has 5 nitrogen and oxygen atoms in total. The first-order chi connectivity index (χ1) is 10.3. The van der Waals surface area contributed by atoms with Crippen molar-refractivity contribution in [2.45, 2.75) is 19.3 Å². The summed E-state index contributed by atoms with van der Waals surface area (Å²) in [6.07, 6.45) is 2.63. The van der Waals surface area contributed by atoms with Gasteiger partial charge >= 0.3 is 0 Å². The van der Waals surface area contributed by atoms with E-state index >= 15 is 0 Å². The number of rotatable bonds is 2. The first-order valence-electron chi connectivity index (χ1n) is 7.58. The van der Waals surface area contributed by atoms with E-state index in [-0.39, 0.29) is 18.3 Å². The second kappa shape index (κ2) is 5.89. The van der Waals surface area contributed by atoms with E-state index in [2.05, 4.69) is 10.5 Å². The summed E-state index contributed by atoms with van der Waals surface area (Å²) in [6, 6.07) is 7.70. The molecule has 1 spiro atoms. The summed E-state index contributed by atoms with van der Waals surface area (Å²) in [7, 11) is 0. The summed E-state index contributed by atoms with van der Waals surface area (Å²) in [4.78, 5) is 14.5. The Kier molecular flexibility index (Phi) is 4.10. The van der Waals surface area contributed by atoms with Crippen LogP contribution in [-0.4, -0.2) is 42.1 Å². The van der Waals surface area contributed by atoms with Gasteiger partial charge in [-0.15, -0.1) is 12.4 Å². The molecule has 3 heterocycles. The lowest BCUT2D eigenvalue weighted by molar-refractivity contribution is -0.129. The maximum atomic E-state index is 12.5. The number of hydrogen-bond acceptors (Lipinski definition) is 4. The maximum Gasteiger partial charge on any atom is 0.228 e. The van der Waals surface area contributed by atoms with Crippen LogP contribution in [0.4, 0.5) is 0 Å². The van der Waals surface area contributed by atoms with Crippen LogP contribution in [0.15, 0.2) is 28.8 Å². The summed E-state index contributed by atoms with van der Waals surface area (Å²) in [5.74, 6) is 0.165. The Morgan fingerprint density at radius 2 is 2.23 bits per heavy atom. The minimum absolute atomic E-state index is 0. The van der Waals surface area contributed by atoms with E-state index in [0.29, 0.717) is 11.8 Å². The maximum absolute atomic E-state index is 12.5. The zero-order valence-electron chi connectivity index (χ0n) is 12.4. The molecule has 1 aromatic heterocycles. The van der Waals surface area contributed by atoms with Gasteiger partial charge in [0.1, 0.15) is 5.69 Å². The number of hydrogen-bond donors (Lipinski definition) is 1. The summed E-state index contributed by atoms with van der Waals surface area (Å²) in [5.41, 5.74) is 1.82. The molecule has 2 saturated heterocycles. The highest BCUT2D eigenvalue weighted by atomic mass is 35.5. The molecule has 6 heteroatoms. The largest absolute Gasteiger partial charge is 0.356 e. The highest BCUT2D eigenvalue weighted by Gasteiger charge is 2.41. The van der Waals surface area contributed by atoms with Crippen molar-refractivity contribution < 1.29 is 9.32 Å². The van der Waals surface area contributed by atoms with E-state index in [9.17, 15) is 4.79 Å². The van der Waals surface area contributed by atoms with E-state index in [1.807, 2.05) is 29.2 Å². The molecule has 1 amide bonds. The molecule has 2 aromatic rings. The average molecular weight is 322 g/mol. The number of carbonyl (C=O) groups is 1. The van der Waals surface area contributed by atoms with E-state index in [1.54, 1.807) is 0 Å². The molecule has 1 unspecified atom stereocenters. The molecule has 2 aliphatic heterocycles. The van der Waals surface area contributed by atoms with Crippen LogP contribution in [0.1, 0.15) is 18.5 Å². The van der Waals surface area contributed by atoms with Crippen LogP contribution >= 0.6 is 12.4 Å². The molecule has 0 radical (unpaired) electrons. The van der Waals surface area contributed by atoms with Crippen LogP contribution in [0.2, 0.25) is 0 Å². The smallest absolute Gasteiger partial charge is 0.228 e. The van der Waals surface area contributed by atoms with Gasteiger partial charge in [0.15, 0.2) is 5.58 Å². The van der Waals surface area contributed by atoms with Crippen LogP contribution in [0.3, 0.4) is 0 Å². The molecule has 2 fully saturated rings. The lowest BCUT2D eigenvalue weighted by Gasteiger charge is -2.22. The third-order valence-corrected chi connectivity index (χ3v) is 4.89. The minimum Gasteiger partial charge on any atom is -0.356 e. The predicted octanol–water partition coefficient (Wildman–Crippen LogP) is 2.00. The topological polar surface area (TPSA) is 58.4 Å². The van der Waals surface area contributed by atoms with Crippen molar-refractivity contribution in [1.82, 2.24) is 15.4 Å². The standard InChI is InChI=1S/C16H19N3O2.ClH/c20-15(19-8-6-16(11-19)5-7-17-10-16)9-13-12-3-1-2-4-14(12)21-18-13;/h1-4,17H,5-11H2;1H. The normalized spacial score (nSPS) is 24.1. The van der Waals surface area contributed by atoms with Crippen LogP contribution in [0, 0.1) is 5.41 Å². The molecule has 0 saturated carbocycles. The first-order valence-corrected chi connectivity index (χ1v) is 7.58. The van der Waals surface area contributed by atoms with Crippen LogP contribution < -0.4 is 5.32 Å². The van der Waals surface area contributed by atoms with Crippen molar-refractivity contribution in [1.29, 1.82) is 0 Å². The predicted molar refractivity (Wildman–Crippen MR) is 86.1 cm³/mol. The second-order valence-electron chi connectivity index (χ2n) is 6.29. The van der Waals surface area contributed by atoms with Gasteiger partial charge < -0.3 is 14.7 Å². The zero-order valence-corrected chi connectivity index (χ0v) is 13.2. The fourth-order valence-corrected chi connectivity index (χ4v) is 3.61. The minimum atomic E-state index is 0. The third kappa shape index (κ3) is 2.59. The first kappa shape index (κ1) is 15.3. The Balaban J connectivity index is 0.00000144. The Labute approximate surface area is 135 Å². The van der Waals surface area contributed by atoms with Gasteiger partial charge in [0.05, 0.1) is 6.42 Å². The van der Waals surface area contributed by atoms with Gasteiger partial charge in [0, 0.05) is 30.4 Å². The molecule has 1 aromatic carbocycles. The average Bonchev–Trinajstić information content (AvgIpc) is 3.22. The number of para-hydroxylation sites is 1. The number of carbonyl (C=O) groups excluding carboxylic acids is 1. The van der Waals surface area contributed by atoms with Crippen molar-refractivity contribution in [2.75, 3.05) is 26.2 Å². The summed E-state index contributed by atoms with van der Waals surface area (Å²) < 4.78 is 5.28. The fraction of sp³-hybridized carbons (Fsp3) is 0.500. The van der Waals surface area contributed by atoms with Gasteiger partial charge in [-0.1, -0.05) is 17.3 Å². The third-order valence-electron chi connectivity index (χ3n) is 4.89. The van der Waals surface area contributed by atoms with Gasteiger partial charge in [-0.25, -0.2) is 0 Å². The number of nitrogens with one attached hydrogen (secondary N) is 1. The number of benzene rings is 1. The second-order valence-corrected chi connectivity index (χ2v) is 6.29. The Hall–Kier alpha value is -1.59. The molecule has 0 bridgehead atoms. The monoisotopic (exact) mass is 321 g/mol. The molecular weight excluding hydrogens is 302 g/mol. The van der Waals surface area contributed by atoms with Crippen LogP contribution in [0.5, 0.6) is 0 Å². The van der Waals surface area contributed by atoms with E-state index in [4.69, 9.17) is 4.52 Å². The number of amides is 1. The van der Waals surface area contributed by atoms with Gasteiger partial charge in [-0.3, -0.25) is 4.79 Å². The molecule has 22 heavy (non-hydrogen) atoms. The van der Waals surface area contributed by atoms with Crippen molar-refractivity contribution in [3.05, 3.63) is 30.0 Å². The van der Waals surface area contributed by atoms with Crippen LogP contribution in [-0.2, 0) is 11.2 Å². The molecule has 4 rings (SSSR count). The molecular formula is C16H20ClN3O2. The van der Waals surface area contributed by atoms with E-state index in [1.165, 1.54) is 6.42 Å². The molecule has 0 aliphatic carbocycles.